The third kappa shape index (κ3) is 12.4. The van der Waals surface area contributed by atoms with Crippen LogP contribution in [0.3, 0.4) is 0 Å². The normalized spacial score (nSPS) is 17.9. The Morgan fingerprint density at radius 2 is 0.750 bits per heavy atom. The molecule has 0 saturated heterocycles. The predicted octanol–water partition coefficient (Wildman–Crippen LogP) is 9.65. The number of benzene rings is 4. The second-order valence-electron chi connectivity index (χ2n) is 17.0. The number of carbonyl (C=O) groups is 6. The highest BCUT2D eigenvalue weighted by molar-refractivity contribution is 6.11. The average Bonchev–Trinajstić information content (AvgIpc) is 3.38. The molecule has 2 aliphatic rings. The highest BCUT2D eigenvalue weighted by Crippen LogP contribution is 2.45. The van der Waals surface area contributed by atoms with E-state index in [1.165, 1.54) is 0 Å². The molecule has 68 heavy (non-hydrogen) atoms. The molecule has 0 aliphatic heterocycles. The first-order valence-electron chi connectivity index (χ1n) is 23.4. The Morgan fingerprint density at radius 1 is 0.441 bits per heavy atom. The van der Waals surface area contributed by atoms with Gasteiger partial charge in [-0.05, 0) is 77.0 Å². The third-order valence-corrected chi connectivity index (χ3v) is 12.4. The number of carbonyl (C=O) groups excluding carboxylic acids is 6. The minimum absolute atomic E-state index is 0.182. The van der Waals surface area contributed by atoms with Crippen LogP contribution in [0.4, 0.5) is 0 Å². The summed E-state index contributed by atoms with van der Waals surface area (Å²) in [5, 5.41) is 0.998. The van der Waals surface area contributed by atoms with Gasteiger partial charge in [0.1, 0.15) is 11.0 Å². The minimum Gasteiger partial charge on any atom is -0.465 e. The Labute approximate surface area is 395 Å². The van der Waals surface area contributed by atoms with Gasteiger partial charge in [-0.1, -0.05) is 98.1 Å². The summed E-state index contributed by atoms with van der Waals surface area (Å²) in [5.41, 5.74) is 3.09. The summed E-state index contributed by atoms with van der Waals surface area (Å²) in [5.74, 6) is -3.92. The highest BCUT2D eigenvalue weighted by atomic mass is 16.6. The van der Waals surface area contributed by atoms with E-state index in [1.54, 1.807) is 12.1 Å². The van der Waals surface area contributed by atoms with Crippen molar-refractivity contribution in [3.8, 4) is 34.0 Å². The summed E-state index contributed by atoms with van der Waals surface area (Å²) < 4.78 is 33.8. The van der Waals surface area contributed by atoms with Crippen LogP contribution in [0, 0.1) is 23.7 Å². The van der Waals surface area contributed by atoms with E-state index in [4.69, 9.17) is 38.4 Å². The van der Waals surface area contributed by atoms with Crippen molar-refractivity contribution >= 4 is 57.6 Å². The maximum Gasteiger partial charge on any atom is 0.330 e. The van der Waals surface area contributed by atoms with Crippen molar-refractivity contribution < 1.29 is 57.2 Å². The quantitative estimate of drug-likeness (QED) is 0.0179. The smallest absolute Gasteiger partial charge is 0.330 e. The molecule has 354 valence electrons. The van der Waals surface area contributed by atoms with Gasteiger partial charge in [-0.3, -0.25) is 19.2 Å². The second kappa shape index (κ2) is 24.0. The molecule has 0 radical (unpaired) electrons. The summed E-state index contributed by atoms with van der Waals surface area (Å²) in [4.78, 5) is 87.3. The van der Waals surface area contributed by atoms with Crippen molar-refractivity contribution in [2.24, 2.45) is 23.7 Å². The van der Waals surface area contributed by atoms with E-state index in [0.29, 0.717) is 99.2 Å². The zero-order valence-electron chi connectivity index (χ0n) is 38.1. The van der Waals surface area contributed by atoms with Crippen molar-refractivity contribution in [2.75, 3.05) is 26.4 Å². The maximum absolute atomic E-state index is 14.2. The van der Waals surface area contributed by atoms with Crippen molar-refractivity contribution in [3.05, 3.63) is 110 Å². The Kier molecular flexibility index (Phi) is 17.2. The van der Waals surface area contributed by atoms with Gasteiger partial charge in [-0.2, -0.15) is 0 Å². The molecule has 0 amide bonds. The van der Waals surface area contributed by atoms with E-state index in [0.717, 1.165) is 23.3 Å². The monoisotopic (exact) mass is 924 g/mol. The molecule has 0 unspecified atom stereocenters. The number of nitrogens with zero attached hydrogens (tertiary/aromatic N) is 2. The van der Waals surface area contributed by atoms with Crippen LogP contribution in [0.5, 0.6) is 11.5 Å². The zero-order valence-corrected chi connectivity index (χ0v) is 38.1. The first kappa shape index (κ1) is 48.7. The second-order valence-corrected chi connectivity index (χ2v) is 17.0. The lowest BCUT2D eigenvalue weighted by atomic mass is 9.82. The van der Waals surface area contributed by atoms with Crippen LogP contribution in [-0.4, -0.2) is 72.2 Å². The van der Waals surface area contributed by atoms with Crippen LogP contribution in [0.2, 0.25) is 0 Å². The number of esters is 6. The van der Waals surface area contributed by atoms with Gasteiger partial charge >= 0.3 is 35.8 Å². The van der Waals surface area contributed by atoms with Gasteiger partial charge in [-0.25, -0.2) is 19.6 Å². The average molecular weight is 925 g/mol. The first-order chi connectivity index (χ1) is 33.1. The lowest BCUT2D eigenvalue weighted by Crippen LogP contribution is -2.30. The number of rotatable bonds is 20. The van der Waals surface area contributed by atoms with Gasteiger partial charge in [0.15, 0.2) is 11.5 Å². The molecule has 0 N–H and O–H groups in total. The topological polar surface area (TPSA) is 184 Å². The number of unbranched alkanes of at least 4 members (excludes halogenated alkanes) is 2. The largest absolute Gasteiger partial charge is 0.465 e. The Hall–Kier alpha value is -7.22. The van der Waals surface area contributed by atoms with Crippen molar-refractivity contribution in [1.82, 2.24) is 9.97 Å². The zero-order chi connectivity index (χ0) is 47.8. The fourth-order valence-corrected chi connectivity index (χ4v) is 8.64. The Morgan fingerprint density at radius 3 is 1.09 bits per heavy atom. The van der Waals surface area contributed by atoms with Crippen LogP contribution in [0.25, 0.3) is 44.3 Å². The molecule has 7 rings (SSSR count). The number of ether oxygens (including phenoxy) is 6. The highest BCUT2D eigenvalue weighted by Gasteiger charge is 2.35. The van der Waals surface area contributed by atoms with Gasteiger partial charge < -0.3 is 28.4 Å². The molecule has 14 heteroatoms. The molecule has 0 bridgehead atoms. The van der Waals surface area contributed by atoms with Gasteiger partial charge in [0, 0.05) is 34.1 Å². The van der Waals surface area contributed by atoms with E-state index < -0.39 is 35.7 Å². The first-order valence-corrected chi connectivity index (χ1v) is 23.4. The molecule has 0 atom stereocenters. The molecule has 5 aromatic rings. The van der Waals surface area contributed by atoms with E-state index in [-0.39, 0.29) is 72.7 Å². The Bertz CT molecular complexity index is 2440. The molecule has 1 heterocycles. The summed E-state index contributed by atoms with van der Waals surface area (Å²) in [6, 6.07) is 26.3. The standard InChI is InChI=1S/C54H56N2O12/c1-3-43(57)63-31-13-15-33-65-51(59)37-23-27-39(28-24-37)53(61)67-49-41-21-11-12-22-42(41)50(48-47(49)55-45(35-17-7-5-8-18-35)46(56-48)36-19-9-6-10-20-36)68-54(62)40-29-25-38(26-30-40)52(60)66-34-16-14-32-64-44(58)4-2/h3-12,17-22,37-40H,1-2,13-16,23-34H2. The van der Waals surface area contributed by atoms with Crippen LogP contribution in [0.15, 0.2) is 110 Å². The van der Waals surface area contributed by atoms with E-state index in [9.17, 15) is 28.8 Å². The van der Waals surface area contributed by atoms with Crippen LogP contribution in [0.1, 0.15) is 77.0 Å². The molecule has 0 spiro atoms. The van der Waals surface area contributed by atoms with E-state index >= 15 is 0 Å². The number of hydrogen-bond acceptors (Lipinski definition) is 14. The summed E-state index contributed by atoms with van der Waals surface area (Å²) >= 11 is 0. The van der Waals surface area contributed by atoms with Gasteiger partial charge in [-0.15, -0.1) is 0 Å². The van der Waals surface area contributed by atoms with Crippen LogP contribution in [-0.2, 0) is 47.7 Å². The fraction of sp³-hybridized carbons (Fsp3) is 0.370. The van der Waals surface area contributed by atoms with Crippen LogP contribution >= 0.6 is 0 Å². The molecule has 14 nitrogen and oxygen atoms in total. The molecule has 2 aliphatic carbocycles. The number of aromatic nitrogens is 2. The summed E-state index contributed by atoms with van der Waals surface area (Å²) in [6.07, 6.45) is 7.82. The fourth-order valence-electron chi connectivity index (χ4n) is 8.64. The van der Waals surface area contributed by atoms with Gasteiger partial charge in [0.25, 0.3) is 0 Å². The Balaban J connectivity index is 1.11. The molecule has 2 saturated carbocycles. The maximum atomic E-state index is 14.2. The number of hydrogen-bond donors (Lipinski definition) is 0. The molecule has 4 aromatic carbocycles. The number of fused-ring (bicyclic) bond motifs is 2. The summed E-state index contributed by atoms with van der Waals surface area (Å²) in [6.45, 7) is 7.58. The van der Waals surface area contributed by atoms with Crippen molar-refractivity contribution in [2.45, 2.75) is 77.0 Å². The van der Waals surface area contributed by atoms with Gasteiger partial charge in [0.05, 0.1) is 61.5 Å². The lowest BCUT2D eigenvalue weighted by molar-refractivity contribution is -0.152. The SMILES string of the molecule is C=CC(=O)OCCCCOC(=O)C1CCC(C(=O)Oc2c3ccccc3c(OC(=O)C3CCC(C(=O)OCCCCOC(=O)C=C)CC3)c3nc(-c4ccccc4)c(-c4ccccc4)nc23)CC1. The van der Waals surface area contributed by atoms with Crippen LogP contribution < -0.4 is 9.47 Å². The van der Waals surface area contributed by atoms with E-state index in [2.05, 4.69) is 13.2 Å². The molecule has 1 aromatic heterocycles. The van der Waals surface area contributed by atoms with Gasteiger partial charge in [0.2, 0.25) is 0 Å². The molecule has 2 fully saturated rings. The lowest BCUT2D eigenvalue weighted by Gasteiger charge is -2.27. The third-order valence-electron chi connectivity index (χ3n) is 12.4. The van der Waals surface area contributed by atoms with Crippen molar-refractivity contribution in [1.29, 1.82) is 0 Å². The summed E-state index contributed by atoms with van der Waals surface area (Å²) in [7, 11) is 0. The predicted molar refractivity (Wildman–Crippen MR) is 253 cm³/mol. The minimum atomic E-state index is -0.503. The van der Waals surface area contributed by atoms with Crippen molar-refractivity contribution in [3.63, 3.8) is 0 Å². The van der Waals surface area contributed by atoms with E-state index in [1.807, 2.05) is 72.8 Å². The molecular formula is C54H56N2O12. The molecular weight excluding hydrogens is 869 g/mol.